The Morgan fingerprint density at radius 3 is 2.47 bits per heavy atom. The van der Waals surface area contributed by atoms with E-state index in [9.17, 15) is 8.42 Å². The molecule has 1 heterocycles. The van der Waals surface area contributed by atoms with Gasteiger partial charge >= 0.3 is 0 Å². The van der Waals surface area contributed by atoms with Gasteiger partial charge in [0, 0.05) is 52.1 Å². The van der Waals surface area contributed by atoms with E-state index in [1.165, 1.54) is 15.7 Å². The summed E-state index contributed by atoms with van der Waals surface area (Å²) in [5.74, 6) is 0. The molecule has 1 aromatic heterocycles. The first-order valence-electron chi connectivity index (χ1n) is 6.17. The third-order valence-corrected chi connectivity index (χ3v) is 4.77. The van der Waals surface area contributed by atoms with Crippen molar-refractivity contribution in [2.75, 3.05) is 33.8 Å². The summed E-state index contributed by atoms with van der Waals surface area (Å²) in [6, 6.07) is 5.58. The van der Waals surface area contributed by atoms with E-state index in [0.717, 1.165) is 5.69 Å². The van der Waals surface area contributed by atoms with Gasteiger partial charge in [-0.3, -0.25) is 4.98 Å². The van der Waals surface area contributed by atoms with E-state index in [1.807, 2.05) is 18.2 Å². The summed E-state index contributed by atoms with van der Waals surface area (Å²) in [5, 5.41) is 8.73. The Balaban J connectivity index is 2.54. The lowest BCUT2D eigenvalue weighted by atomic mass is 10.3. The highest BCUT2D eigenvalue weighted by atomic mass is 32.2. The lowest BCUT2D eigenvalue weighted by molar-refractivity contribution is 0.272. The minimum Gasteiger partial charge on any atom is -0.396 e. The minimum absolute atomic E-state index is 0.0164. The first-order chi connectivity index (χ1) is 8.98. The summed E-state index contributed by atoms with van der Waals surface area (Å²) in [4.78, 5) is 4.16. The number of aliphatic hydroxyl groups excluding tert-OH is 1. The highest BCUT2D eigenvalue weighted by molar-refractivity contribution is 7.86. The average Bonchev–Trinajstić information content (AvgIpc) is 2.42. The summed E-state index contributed by atoms with van der Waals surface area (Å²) >= 11 is 0. The number of aliphatic hydroxyl groups is 1. The molecule has 19 heavy (non-hydrogen) atoms. The second-order valence-corrected chi connectivity index (χ2v) is 6.44. The molecule has 0 unspecified atom stereocenters. The molecule has 108 valence electrons. The molecule has 0 bridgehead atoms. The average molecular weight is 287 g/mol. The Morgan fingerprint density at radius 1 is 1.21 bits per heavy atom. The summed E-state index contributed by atoms with van der Waals surface area (Å²) < 4.78 is 26.8. The predicted octanol–water partition coefficient (Wildman–Crippen LogP) is 0.115. The van der Waals surface area contributed by atoms with Crippen LogP contribution in [-0.2, 0) is 16.6 Å². The number of hydrogen-bond acceptors (Lipinski definition) is 4. The van der Waals surface area contributed by atoms with Crippen molar-refractivity contribution in [1.82, 2.24) is 13.6 Å². The largest absolute Gasteiger partial charge is 0.396 e. The van der Waals surface area contributed by atoms with Gasteiger partial charge in [0.2, 0.25) is 0 Å². The Kier molecular flexibility index (Phi) is 6.36. The predicted molar refractivity (Wildman–Crippen MR) is 73.8 cm³/mol. The molecule has 0 aliphatic rings. The molecule has 0 aliphatic heterocycles. The van der Waals surface area contributed by atoms with Gasteiger partial charge in [-0.25, -0.2) is 0 Å². The van der Waals surface area contributed by atoms with Gasteiger partial charge in [-0.1, -0.05) is 6.07 Å². The fraction of sp³-hybridized carbons (Fsp3) is 0.583. The zero-order valence-electron chi connectivity index (χ0n) is 11.4. The van der Waals surface area contributed by atoms with E-state index < -0.39 is 10.2 Å². The molecular formula is C12H21N3O3S. The smallest absolute Gasteiger partial charge is 0.281 e. The molecule has 1 rings (SSSR count). The van der Waals surface area contributed by atoms with Crippen molar-refractivity contribution in [2.24, 2.45) is 0 Å². The van der Waals surface area contributed by atoms with Crippen LogP contribution in [0.5, 0.6) is 0 Å². The standard InChI is InChI=1S/C12H21N3O3S/c1-14(9-5-11-16)19(17,18)15(2)10-7-12-6-3-4-8-13-12/h3-4,6,8,16H,5,7,9-11H2,1-2H3. The molecule has 1 aromatic rings. The Hall–Kier alpha value is -1.02. The van der Waals surface area contributed by atoms with Gasteiger partial charge < -0.3 is 5.11 Å². The molecule has 0 fully saturated rings. The minimum atomic E-state index is -3.45. The quantitative estimate of drug-likeness (QED) is 0.737. The summed E-state index contributed by atoms with van der Waals surface area (Å²) in [6.45, 7) is 0.674. The van der Waals surface area contributed by atoms with Crippen molar-refractivity contribution >= 4 is 10.2 Å². The van der Waals surface area contributed by atoms with E-state index in [2.05, 4.69) is 4.98 Å². The Labute approximate surface area is 114 Å². The van der Waals surface area contributed by atoms with Crippen LogP contribution < -0.4 is 0 Å². The zero-order valence-corrected chi connectivity index (χ0v) is 12.2. The van der Waals surface area contributed by atoms with E-state index in [-0.39, 0.29) is 6.61 Å². The van der Waals surface area contributed by atoms with Gasteiger partial charge in [0.15, 0.2) is 0 Å². The third-order valence-electron chi connectivity index (χ3n) is 2.83. The van der Waals surface area contributed by atoms with Crippen LogP contribution in [0.25, 0.3) is 0 Å². The van der Waals surface area contributed by atoms with Crippen LogP contribution in [0.4, 0.5) is 0 Å². The van der Waals surface area contributed by atoms with E-state index >= 15 is 0 Å². The molecule has 0 radical (unpaired) electrons. The second kappa shape index (κ2) is 7.54. The van der Waals surface area contributed by atoms with Gasteiger partial charge in [-0.05, 0) is 18.6 Å². The Bertz CT molecular complexity index is 464. The fourth-order valence-electron chi connectivity index (χ4n) is 1.58. The molecule has 1 N–H and O–H groups in total. The van der Waals surface area contributed by atoms with Gasteiger partial charge in [-0.15, -0.1) is 0 Å². The van der Waals surface area contributed by atoms with Crippen molar-refractivity contribution in [2.45, 2.75) is 12.8 Å². The van der Waals surface area contributed by atoms with E-state index in [1.54, 1.807) is 13.2 Å². The van der Waals surface area contributed by atoms with Crippen LogP contribution in [0.1, 0.15) is 12.1 Å². The molecule has 0 amide bonds. The maximum atomic E-state index is 12.1. The molecule has 0 saturated heterocycles. The summed E-state index contributed by atoms with van der Waals surface area (Å²) in [5.41, 5.74) is 0.863. The normalized spacial score (nSPS) is 12.3. The molecule has 0 atom stereocenters. The van der Waals surface area contributed by atoms with E-state index in [0.29, 0.717) is 25.9 Å². The van der Waals surface area contributed by atoms with Crippen molar-refractivity contribution in [3.8, 4) is 0 Å². The summed E-state index contributed by atoms with van der Waals surface area (Å²) in [6.07, 6.45) is 2.70. The molecular weight excluding hydrogens is 266 g/mol. The molecule has 6 nitrogen and oxygen atoms in total. The maximum Gasteiger partial charge on any atom is 0.281 e. The fourth-order valence-corrected chi connectivity index (χ4v) is 2.74. The summed E-state index contributed by atoms with van der Waals surface area (Å²) in [7, 11) is -0.388. The lowest BCUT2D eigenvalue weighted by Crippen LogP contribution is -2.41. The Morgan fingerprint density at radius 2 is 1.89 bits per heavy atom. The molecule has 0 spiro atoms. The number of pyridine rings is 1. The van der Waals surface area contributed by atoms with Crippen molar-refractivity contribution in [3.05, 3.63) is 30.1 Å². The van der Waals surface area contributed by atoms with Crippen LogP contribution in [0.15, 0.2) is 24.4 Å². The highest BCUT2D eigenvalue weighted by Gasteiger charge is 2.22. The zero-order chi connectivity index (χ0) is 14.3. The SMILES string of the molecule is CN(CCCO)S(=O)(=O)N(C)CCc1ccccn1. The number of likely N-dealkylation sites (N-methyl/N-ethyl adjacent to an activating group) is 1. The van der Waals surface area contributed by atoms with Crippen molar-refractivity contribution in [1.29, 1.82) is 0 Å². The van der Waals surface area contributed by atoms with Crippen LogP contribution in [0.3, 0.4) is 0 Å². The van der Waals surface area contributed by atoms with Gasteiger partial charge in [0.25, 0.3) is 10.2 Å². The van der Waals surface area contributed by atoms with Crippen LogP contribution >= 0.6 is 0 Å². The van der Waals surface area contributed by atoms with Crippen LogP contribution in [-0.4, -0.2) is 60.9 Å². The van der Waals surface area contributed by atoms with Crippen LogP contribution in [0.2, 0.25) is 0 Å². The molecule has 0 saturated carbocycles. The topological polar surface area (TPSA) is 73.7 Å². The number of rotatable bonds is 8. The maximum absolute atomic E-state index is 12.1. The monoisotopic (exact) mass is 287 g/mol. The first-order valence-corrected chi connectivity index (χ1v) is 7.56. The number of hydrogen-bond donors (Lipinski definition) is 1. The molecule has 7 heteroatoms. The van der Waals surface area contributed by atoms with Crippen molar-refractivity contribution < 1.29 is 13.5 Å². The van der Waals surface area contributed by atoms with Gasteiger partial charge in [-0.2, -0.15) is 17.0 Å². The van der Waals surface area contributed by atoms with Crippen molar-refractivity contribution in [3.63, 3.8) is 0 Å². The van der Waals surface area contributed by atoms with Crippen LogP contribution in [0, 0.1) is 0 Å². The van der Waals surface area contributed by atoms with E-state index in [4.69, 9.17) is 5.11 Å². The highest BCUT2D eigenvalue weighted by Crippen LogP contribution is 2.06. The number of nitrogens with zero attached hydrogens (tertiary/aromatic N) is 3. The molecule has 0 aromatic carbocycles. The second-order valence-electron chi connectivity index (χ2n) is 4.30. The van der Waals surface area contributed by atoms with Gasteiger partial charge in [0.05, 0.1) is 0 Å². The van der Waals surface area contributed by atoms with Gasteiger partial charge in [0.1, 0.15) is 0 Å². The number of aromatic nitrogens is 1. The third kappa shape index (κ3) is 4.87. The lowest BCUT2D eigenvalue weighted by Gasteiger charge is -2.24. The first kappa shape index (κ1) is 16.0. The molecule has 0 aliphatic carbocycles.